The lowest BCUT2D eigenvalue weighted by Gasteiger charge is -2.20. The molecule has 1 fully saturated rings. The first-order valence-electron chi connectivity index (χ1n) is 12.4. The summed E-state index contributed by atoms with van der Waals surface area (Å²) in [5, 5.41) is 5.39. The predicted octanol–water partition coefficient (Wildman–Crippen LogP) is 4.33. The zero-order chi connectivity index (χ0) is 28.2. The number of hydrogen-bond acceptors (Lipinski definition) is 8. The summed E-state index contributed by atoms with van der Waals surface area (Å²) in [6.07, 6.45) is 0.667. The normalized spacial score (nSPS) is 12.8. The number of carbonyl (C=O) groups excluding carboxylic acids is 3. The Bertz CT molecular complexity index is 891. The van der Waals surface area contributed by atoms with Crippen LogP contribution in [0.15, 0.2) is 60.7 Å². The van der Waals surface area contributed by atoms with Gasteiger partial charge in [0.25, 0.3) is 0 Å². The van der Waals surface area contributed by atoms with E-state index in [-0.39, 0.29) is 18.4 Å². The molecule has 10 heteroatoms. The lowest BCUT2D eigenvalue weighted by atomic mass is 10.2. The van der Waals surface area contributed by atoms with Crippen molar-refractivity contribution in [2.75, 3.05) is 51.8 Å². The van der Waals surface area contributed by atoms with E-state index in [2.05, 4.69) is 15.4 Å². The van der Waals surface area contributed by atoms with Crippen molar-refractivity contribution in [3.63, 3.8) is 0 Å². The van der Waals surface area contributed by atoms with Crippen LogP contribution in [0.1, 0.15) is 27.2 Å². The zero-order valence-electron chi connectivity index (χ0n) is 23.0. The summed E-state index contributed by atoms with van der Waals surface area (Å²) in [7, 11) is 3.11. The van der Waals surface area contributed by atoms with E-state index in [1.165, 1.54) is 7.11 Å². The number of benzene rings is 2. The van der Waals surface area contributed by atoms with Crippen molar-refractivity contribution in [3.05, 3.63) is 60.7 Å². The molecule has 2 aromatic rings. The summed E-state index contributed by atoms with van der Waals surface area (Å²) in [5.74, 6) is 3.40. The number of ether oxygens (including phenoxy) is 3. The van der Waals surface area contributed by atoms with Crippen molar-refractivity contribution in [1.29, 1.82) is 0 Å². The third-order valence-corrected chi connectivity index (χ3v) is 5.57. The van der Waals surface area contributed by atoms with Crippen molar-refractivity contribution in [3.8, 4) is 11.5 Å². The lowest BCUT2D eigenvalue weighted by Crippen LogP contribution is -2.38. The van der Waals surface area contributed by atoms with Gasteiger partial charge in [0.05, 0.1) is 19.4 Å². The molecule has 0 atom stereocenters. The monoisotopic (exact) mass is 547 g/mol. The van der Waals surface area contributed by atoms with Crippen LogP contribution in [0.2, 0.25) is 0 Å². The maximum atomic E-state index is 11.3. The van der Waals surface area contributed by atoms with Gasteiger partial charge in [-0.15, -0.1) is 0 Å². The minimum atomic E-state index is -0.498. The largest absolute Gasteiger partial charge is 0.468 e. The molecule has 1 aliphatic heterocycles. The van der Waals surface area contributed by atoms with Crippen molar-refractivity contribution in [2.45, 2.75) is 32.8 Å². The van der Waals surface area contributed by atoms with Crippen LogP contribution in [0.3, 0.4) is 0 Å². The summed E-state index contributed by atoms with van der Waals surface area (Å²) >= 11 is 1.71. The maximum absolute atomic E-state index is 11.3. The number of amides is 2. The zero-order valence-corrected chi connectivity index (χ0v) is 23.8. The predicted molar refractivity (Wildman–Crippen MR) is 152 cm³/mol. The first-order chi connectivity index (χ1) is 18.1. The summed E-state index contributed by atoms with van der Waals surface area (Å²) in [4.78, 5) is 34.5. The van der Waals surface area contributed by atoms with Crippen molar-refractivity contribution in [1.82, 2.24) is 15.5 Å². The number of carbonyl (C=O) groups is 3. The Labute approximate surface area is 230 Å². The lowest BCUT2D eigenvalue weighted by molar-refractivity contribution is -0.141. The first-order valence-corrected chi connectivity index (χ1v) is 13.6. The van der Waals surface area contributed by atoms with Crippen LogP contribution in [-0.4, -0.2) is 80.3 Å². The fourth-order valence-corrected chi connectivity index (χ4v) is 3.54. The van der Waals surface area contributed by atoms with Gasteiger partial charge in [0.2, 0.25) is 5.91 Å². The number of esters is 1. The SMILES string of the molecule is COC(=O)CN(C)CCNC(=O)OC(C)(C)C.O=C1CSCCCN1.c1ccc(Oc2ccccc2)cc1. The number of alkyl carbamates (subject to hydrolysis) is 1. The van der Waals surface area contributed by atoms with E-state index in [1.54, 1.807) is 44.5 Å². The molecule has 1 aliphatic rings. The van der Waals surface area contributed by atoms with Gasteiger partial charge in [0.1, 0.15) is 17.1 Å². The Hall–Kier alpha value is -3.24. The number of rotatable bonds is 7. The third kappa shape index (κ3) is 18.1. The highest BCUT2D eigenvalue weighted by atomic mass is 32.2. The highest BCUT2D eigenvalue weighted by Gasteiger charge is 2.15. The first kappa shape index (κ1) is 32.8. The van der Waals surface area contributed by atoms with E-state index in [1.807, 2.05) is 60.7 Å². The van der Waals surface area contributed by atoms with Gasteiger partial charge in [0, 0.05) is 19.6 Å². The van der Waals surface area contributed by atoms with E-state index in [9.17, 15) is 14.4 Å². The van der Waals surface area contributed by atoms with Crippen LogP contribution in [0, 0.1) is 0 Å². The Kier molecular flexibility index (Phi) is 16.3. The van der Waals surface area contributed by atoms with E-state index in [0.29, 0.717) is 18.8 Å². The molecule has 38 heavy (non-hydrogen) atoms. The smallest absolute Gasteiger partial charge is 0.407 e. The molecule has 3 rings (SSSR count). The van der Waals surface area contributed by atoms with Gasteiger partial charge in [-0.2, -0.15) is 11.8 Å². The van der Waals surface area contributed by atoms with Crippen LogP contribution in [0.25, 0.3) is 0 Å². The van der Waals surface area contributed by atoms with Crippen molar-refractivity contribution < 1.29 is 28.6 Å². The molecule has 9 nitrogen and oxygen atoms in total. The van der Waals surface area contributed by atoms with Crippen LogP contribution in [0.4, 0.5) is 4.79 Å². The highest BCUT2D eigenvalue weighted by molar-refractivity contribution is 7.99. The van der Waals surface area contributed by atoms with Gasteiger partial charge in [0.15, 0.2) is 0 Å². The van der Waals surface area contributed by atoms with Gasteiger partial charge >= 0.3 is 12.1 Å². The van der Waals surface area contributed by atoms with Crippen LogP contribution in [0.5, 0.6) is 11.5 Å². The number of hydrogen-bond donors (Lipinski definition) is 2. The fourth-order valence-electron chi connectivity index (χ4n) is 2.76. The molecule has 0 unspecified atom stereocenters. The molecule has 210 valence electrons. The van der Waals surface area contributed by atoms with E-state index in [0.717, 1.165) is 30.2 Å². The van der Waals surface area contributed by atoms with Gasteiger partial charge in [-0.25, -0.2) is 4.79 Å². The Balaban J connectivity index is 0.000000302. The molecule has 0 bridgehead atoms. The number of nitrogens with one attached hydrogen (secondary N) is 2. The van der Waals surface area contributed by atoms with Crippen molar-refractivity contribution in [2.24, 2.45) is 0 Å². The molecule has 1 saturated heterocycles. The van der Waals surface area contributed by atoms with Crippen LogP contribution in [-0.2, 0) is 19.1 Å². The maximum Gasteiger partial charge on any atom is 0.407 e. The molecule has 0 spiro atoms. The summed E-state index contributed by atoms with van der Waals surface area (Å²) in [6.45, 7) is 7.44. The number of thioether (sulfide) groups is 1. The van der Waals surface area contributed by atoms with Gasteiger partial charge in [-0.05, 0) is 64.3 Å². The molecule has 2 amide bonds. The average molecular weight is 548 g/mol. The highest BCUT2D eigenvalue weighted by Crippen LogP contribution is 2.19. The summed E-state index contributed by atoms with van der Waals surface area (Å²) in [5.41, 5.74) is -0.498. The Morgan fingerprint density at radius 3 is 2.13 bits per heavy atom. The topological polar surface area (TPSA) is 106 Å². The third-order valence-electron chi connectivity index (χ3n) is 4.53. The van der Waals surface area contributed by atoms with E-state index < -0.39 is 11.7 Å². The summed E-state index contributed by atoms with van der Waals surface area (Å²) in [6, 6.07) is 19.5. The Morgan fingerprint density at radius 2 is 1.61 bits per heavy atom. The van der Waals surface area contributed by atoms with E-state index >= 15 is 0 Å². The number of likely N-dealkylation sites (N-methyl/N-ethyl adjacent to an activating group) is 1. The second-order valence-corrected chi connectivity index (χ2v) is 10.3. The standard InChI is InChI=1S/C12H10O.C11H22N2O4.C5H9NOS/c1-3-7-11(8-4-1)13-12-9-5-2-6-10-12;1-11(2,3)17-10(15)12-6-7-13(4)8-9(14)16-5;7-5-4-8-3-1-2-6-5/h1-10H;6-8H2,1-5H3,(H,12,15);1-4H2,(H,6,7). The molecule has 0 aromatic heterocycles. The number of nitrogens with zero attached hydrogens (tertiary/aromatic N) is 1. The Morgan fingerprint density at radius 1 is 1.03 bits per heavy atom. The minimum absolute atomic E-state index is 0.188. The number of para-hydroxylation sites is 2. The van der Waals surface area contributed by atoms with Gasteiger partial charge in [-0.3, -0.25) is 14.5 Å². The van der Waals surface area contributed by atoms with Gasteiger partial charge < -0.3 is 24.8 Å². The van der Waals surface area contributed by atoms with E-state index in [4.69, 9.17) is 9.47 Å². The van der Waals surface area contributed by atoms with Crippen LogP contribution < -0.4 is 15.4 Å². The molecular formula is C28H41N3O6S. The second-order valence-electron chi connectivity index (χ2n) is 9.23. The van der Waals surface area contributed by atoms with Crippen molar-refractivity contribution >= 4 is 29.7 Å². The quantitative estimate of drug-likeness (QED) is 0.494. The molecule has 1 heterocycles. The molecular weight excluding hydrogens is 506 g/mol. The average Bonchev–Trinajstić information content (AvgIpc) is 3.12. The molecule has 2 aromatic carbocycles. The fraction of sp³-hybridized carbons (Fsp3) is 0.464. The summed E-state index contributed by atoms with van der Waals surface area (Å²) < 4.78 is 15.2. The second kappa shape index (κ2) is 18.9. The van der Waals surface area contributed by atoms with Crippen LogP contribution >= 0.6 is 11.8 Å². The minimum Gasteiger partial charge on any atom is -0.468 e. The number of methoxy groups -OCH3 is 1. The molecule has 0 saturated carbocycles. The molecule has 0 aliphatic carbocycles. The van der Waals surface area contributed by atoms with Gasteiger partial charge in [-0.1, -0.05) is 36.4 Å². The molecule has 2 N–H and O–H groups in total. The molecule has 0 radical (unpaired) electrons.